The number of hydrogen-bond acceptors (Lipinski definition) is 2. The maximum absolute atomic E-state index is 13.4. The molecule has 0 unspecified atom stereocenters. The Labute approximate surface area is 103 Å². The summed E-state index contributed by atoms with van der Waals surface area (Å²) in [5.41, 5.74) is 0.654. The van der Waals surface area contributed by atoms with Gasteiger partial charge in [-0.05, 0) is 24.3 Å². The summed E-state index contributed by atoms with van der Waals surface area (Å²) < 4.78 is 13.4. The number of nitrogens with one attached hydrogen (secondary N) is 1. The van der Waals surface area contributed by atoms with Crippen LogP contribution in [0.2, 0.25) is 0 Å². The minimum absolute atomic E-state index is 0.0572. The molecule has 0 aromatic heterocycles. The maximum Gasteiger partial charge on any atom is 0.258 e. The molecule has 0 heterocycles. The largest absolute Gasteiger partial charge is 0.321 e. The number of para-hydroxylation sites is 1. The molecule has 0 aliphatic carbocycles. The molecule has 0 atom stereocenters. The molecule has 2 aromatic carbocycles. The second kappa shape index (κ2) is 5.23. The first-order chi connectivity index (χ1) is 8.72. The van der Waals surface area contributed by atoms with Gasteiger partial charge in [0.2, 0.25) is 0 Å². The number of amides is 1. The van der Waals surface area contributed by atoms with E-state index in [2.05, 4.69) is 5.32 Å². The van der Waals surface area contributed by atoms with Crippen LogP contribution in [-0.2, 0) is 0 Å². The first-order valence-electron chi connectivity index (χ1n) is 5.32. The molecule has 0 bridgehead atoms. The minimum atomic E-state index is -0.599. The zero-order chi connectivity index (χ0) is 13.0. The average molecular weight is 243 g/mol. The topological polar surface area (TPSA) is 46.2 Å². The summed E-state index contributed by atoms with van der Waals surface area (Å²) in [4.78, 5) is 22.6. The van der Waals surface area contributed by atoms with Crippen molar-refractivity contribution in [3.8, 4) is 0 Å². The monoisotopic (exact) mass is 243 g/mol. The third-order valence-corrected chi connectivity index (χ3v) is 2.45. The summed E-state index contributed by atoms with van der Waals surface area (Å²) in [6, 6.07) is 12.2. The fourth-order valence-corrected chi connectivity index (χ4v) is 1.55. The van der Waals surface area contributed by atoms with Gasteiger partial charge in [0.05, 0.1) is 11.3 Å². The lowest BCUT2D eigenvalue weighted by Gasteiger charge is -2.07. The van der Waals surface area contributed by atoms with Gasteiger partial charge in [-0.2, -0.15) is 0 Å². The molecule has 18 heavy (non-hydrogen) atoms. The molecule has 3 nitrogen and oxygen atoms in total. The Balaban J connectivity index is 2.27. The predicted molar refractivity (Wildman–Crippen MR) is 66.2 cm³/mol. The van der Waals surface area contributed by atoms with Crippen molar-refractivity contribution >= 4 is 17.9 Å². The van der Waals surface area contributed by atoms with Crippen LogP contribution in [0.15, 0.2) is 48.5 Å². The quantitative estimate of drug-likeness (QED) is 0.842. The number of hydrogen-bond donors (Lipinski definition) is 1. The first kappa shape index (κ1) is 12.0. The summed E-state index contributed by atoms with van der Waals surface area (Å²) in [5.74, 6) is -1.18. The Morgan fingerprint density at radius 3 is 2.44 bits per heavy atom. The third-order valence-electron chi connectivity index (χ3n) is 2.45. The van der Waals surface area contributed by atoms with Crippen molar-refractivity contribution in [2.75, 3.05) is 5.32 Å². The van der Waals surface area contributed by atoms with Crippen LogP contribution in [-0.4, -0.2) is 12.2 Å². The second-order valence-corrected chi connectivity index (χ2v) is 3.64. The second-order valence-electron chi connectivity index (χ2n) is 3.64. The highest BCUT2D eigenvalue weighted by atomic mass is 19.1. The molecule has 0 aliphatic rings. The van der Waals surface area contributed by atoms with Gasteiger partial charge in [0.15, 0.2) is 6.29 Å². The Bertz CT molecular complexity index is 596. The number of rotatable bonds is 3. The Hall–Kier alpha value is -2.49. The van der Waals surface area contributed by atoms with E-state index >= 15 is 0 Å². The van der Waals surface area contributed by atoms with Gasteiger partial charge in [0.25, 0.3) is 5.91 Å². The highest BCUT2D eigenvalue weighted by Crippen LogP contribution is 2.15. The highest BCUT2D eigenvalue weighted by Gasteiger charge is 2.12. The van der Waals surface area contributed by atoms with Crippen molar-refractivity contribution in [1.82, 2.24) is 0 Å². The van der Waals surface area contributed by atoms with Crippen LogP contribution in [0, 0.1) is 5.82 Å². The van der Waals surface area contributed by atoms with Gasteiger partial charge in [0, 0.05) is 5.56 Å². The standard InChI is InChI=1S/C14H10FNO2/c15-12-7-3-2-6-11(12)14(18)16-13-8-4-1-5-10(13)9-17/h1-9H,(H,16,18). The first-order valence-corrected chi connectivity index (χ1v) is 5.32. The molecule has 2 rings (SSSR count). The highest BCUT2D eigenvalue weighted by molar-refractivity contribution is 6.06. The smallest absolute Gasteiger partial charge is 0.258 e. The lowest BCUT2D eigenvalue weighted by Crippen LogP contribution is -2.14. The van der Waals surface area contributed by atoms with Crippen LogP contribution >= 0.6 is 0 Å². The predicted octanol–water partition coefficient (Wildman–Crippen LogP) is 2.89. The summed E-state index contributed by atoms with van der Waals surface area (Å²) in [5, 5.41) is 2.51. The van der Waals surface area contributed by atoms with Gasteiger partial charge in [-0.15, -0.1) is 0 Å². The lowest BCUT2D eigenvalue weighted by molar-refractivity contribution is 0.102. The zero-order valence-electron chi connectivity index (χ0n) is 9.39. The number of aldehydes is 1. The minimum Gasteiger partial charge on any atom is -0.321 e. The molecule has 0 saturated heterocycles. The summed E-state index contributed by atoms with van der Waals surface area (Å²) in [6.07, 6.45) is 0.636. The summed E-state index contributed by atoms with van der Waals surface area (Å²) in [6.45, 7) is 0. The van der Waals surface area contributed by atoms with E-state index in [1.807, 2.05) is 0 Å². The molecule has 0 aliphatic heterocycles. The van der Waals surface area contributed by atoms with Crippen LogP contribution in [0.3, 0.4) is 0 Å². The molecular formula is C14H10FNO2. The zero-order valence-corrected chi connectivity index (χ0v) is 9.39. The van der Waals surface area contributed by atoms with Gasteiger partial charge in [0.1, 0.15) is 5.82 Å². The molecule has 0 fully saturated rings. The lowest BCUT2D eigenvalue weighted by atomic mass is 10.1. The van der Waals surface area contributed by atoms with E-state index in [1.54, 1.807) is 30.3 Å². The number of halogens is 1. The summed E-state index contributed by atoms with van der Waals surface area (Å²) >= 11 is 0. The SMILES string of the molecule is O=Cc1ccccc1NC(=O)c1ccccc1F. The molecule has 0 spiro atoms. The third kappa shape index (κ3) is 2.43. The van der Waals surface area contributed by atoms with Crippen molar-refractivity contribution in [3.63, 3.8) is 0 Å². The van der Waals surface area contributed by atoms with Gasteiger partial charge < -0.3 is 5.32 Å². The van der Waals surface area contributed by atoms with Crippen LogP contribution < -0.4 is 5.32 Å². The number of anilines is 1. The van der Waals surface area contributed by atoms with E-state index in [0.717, 1.165) is 0 Å². The van der Waals surface area contributed by atoms with Crippen LogP contribution in [0.1, 0.15) is 20.7 Å². The fraction of sp³-hybridized carbons (Fsp3) is 0. The maximum atomic E-state index is 13.4. The van der Waals surface area contributed by atoms with Gasteiger partial charge in [-0.1, -0.05) is 24.3 Å². The van der Waals surface area contributed by atoms with E-state index in [4.69, 9.17) is 0 Å². The van der Waals surface area contributed by atoms with Crippen LogP contribution in [0.4, 0.5) is 10.1 Å². The molecular weight excluding hydrogens is 233 g/mol. The Morgan fingerprint density at radius 1 is 1.06 bits per heavy atom. The van der Waals surface area contributed by atoms with Crippen molar-refractivity contribution in [3.05, 3.63) is 65.5 Å². The number of carbonyl (C=O) groups excluding carboxylic acids is 2. The van der Waals surface area contributed by atoms with E-state index in [-0.39, 0.29) is 5.56 Å². The van der Waals surface area contributed by atoms with Gasteiger partial charge >= 0.3 is 0 Å². The van der Waals surface area contributed by atoms with E-state index in [1.165, 1.54) is 18.2 Å². The van der Waals surface area contributed by atoms with Crippen LogP contribution in [0.25, 0.3) is 0 Å². The number of carbonyl (C=O) groups is 2. The Kier molecular flexibility index (Phi) is 3.48. The van der Waals surface area contributed by atoms with Crippen molar-refractivity contribution < 1.29 is 14.0 Å². The summed E-state index contributed by atoms with van der Waals surface area (Å²) in [7, 11) is 0. The van der Waals surface area contributed by atoms with Crippen molar-refractivity contribution in [2.45, 2.75) is 0 Å². The van der Waals surface area contributed by atoms with E-state index in [0.29, 0.717) is 17.5 Å². The van der Waals surface area contributed by atoms with Gasteiger partial charge in [-0.3, -0.25) is 9.59 Å². The van der Waals surface area contributed by atoms with Crippen molar-refractivity contribution in [2.24, 2.45) is 0 Å². The Morgan fingerprint density at radius 2 is 1.72 bits per heavy atom. The average Bonchev–Trinajstić information content (AvgIpc) is 2.39. The molecule has 2 aromatic rings. The molecule has 0 radical (unpaired) electrons. The normalized spacial score (nSPS) is 9.83. The molecule has 90 valence electrons. The van der Waals surface area contributed by atoms with Gasteiger partial charge in [-0.25, -0.2) is 4.39 Å². The van der Waals surface area contributed by atoms with E-state index in [9.17, 15) is 14.0 Å². The van der Waals surface area contributed by atoms with Crippen molar-refractivity contribution in [1.29, 1.82) is 0 Å². The molecule has 1 N–H and O–H groups in total. The van der Waals surface area contributed by atoms with E-state index < -0.39 is 11.7 Å². The van der Waals surface area contributed by atoms with Crippen LogP contribution in [0.5, 0.6) is 0 Å². The number of benzene rings is 2. The molecule has 0 saturated carbocycles. The molecule has 1 amide bonds. The molecule has 4 heteroatoms. The fourth-order valence-electron chi connectivity index (χ4n) is 1.55.